The van der Waals surface area contributed by atoms with Crippen LogP contribution in [-0.4, -0.2) is 9.52 Å². The first kappa shape index (κ1) is 15.7. The summed E-state index contributed by atoms with van der Waals surface area (Å²) in [5.74, 6) is 0. The standard InChI is InChI=1S/C2H7Si.Li.H2N3/c1-3-2;;1-3-2/h3H,1-2H3;;1-2H/q-1;2*+1. The molecule has 36 valence electrons. The van der Waals surface area contributed by atoms with E-state index < -0.39 is 0 Å². The van der Waals surface area contributed by atoms with Crippen LogP contribution >= 0.6 is 0 Å². The van der Waals surface area contributed by atoms with Gasteiger partial charge >= 0.3 is 18.9 Å². The van der Waals surface area contributed by atoms with Crippen LogP contribution < -0.4 is 23.8 Å². The maximum atomic E-state index is 5.50. The summed E-state index contributed by atoms with van der Waals surface area (Å²) < 4.78 is 0. The first-order chi connectivity index (χ1) is 2.83. The Labute approximate surface area is 57.9 Å². The number of nitrogens with zero attached hydrogens (tertiary/aromatic N) is 1. The third kappa shape index (κ3) is 6740. The van der Waals surface area contributed by atoms with Crippen molar-refractivity contribution in [3.8, 4) is 0 Å². The van der Waals surface area contributed by atoms with Gasteiger partial charge in [0.25, 0.3) is 0 Å². The van der Waals surface area contributed by atoms with Crippen molar-refractivity contribution < 1.29 is 18.9 Å². The van der Waals surface area contributed by atoms with Gasteiger partial charge in [-0.2, -0.15) is 13.1 Å². The van der Waals surface area contributed by atoms with Crippen molar-refractivity contribution >= 4 is 9.52 Å². The van der Waals surface area contributed by atoms with E-state index in [1.165, 1.54) is 0 Å². The van der Waals surface area contributed by atoms with E-state index >= 15 is 0 Å². The van der Waals surface area contributed by atoms with Crippen LogP contribution in [0.4, 0.5) is 0 Å². The van der Waals surface area contributed by atoms with Gasteiger partial charge in [-0.3, -0.25) is 9.52 Å². The molecule has 0 heterocycles. The van der Waals surface area contributed by atoms with Crippen molar-refractivity contribution in [3.05, 3.63) is 0 Å². The Morgan fingerprint density at radius 1 is 1.29 bits per heavy atom. The molecular weight excluding hydrogens is 101 g/mol. The number of hydrogen-bond donors (Lipinski definition) is 2. The molecule has 0 aromatic rings. The summed E-state index contributed by atoms with van der Waals surface area (Å²) in [6.07, 6.45) is 0. The van der Waals surface area contributed by atoms with Gasteiger partial charge in [-0.15, -0.1) is 0 Å². The number of hydrogen-bond acceptors (Lipinski definition) is 2. The van der Waals surface area contributed by atoms with Crippen molar-refractivity contribution in [1.82, 2.24) is 4.91 Å². The van der Waals surface area contributed by atoms with Crippen LogP contribution in [0.5, 0.6) is 0 Å². The summed E-state index contributed by atoms with van der Waals surface area (Å²) in [6.45, 7) is 4.42. The normalized spacial score (nSPS) is 3.71. The average molecular weight is 110 g/mol. The van der Waals surface area contributed by atoms with Gasteiger partial charge in [0.1, 0.15) is 11.1 Å². The van der Waals surface area contributed by atoms with Crippen molar-refractivity contribution in [3.63, 3.8) is 0 Å². The van der Waals surface area contributed by atoms with E-state index in [1.807, 2.05) is 4.91 Å². The first-order valence-electron chi connectivity index (χ1n) is 1.60. The summed E-state index contributed by atoms with van der Waals surface area (Å²) in [6, 6.07) is 0. The van der Waals surface area contributed by atoms with E-state index in [2.05, 4.69) is 13.1 Å². The van der Waals surface area contributed by atoms with Crippen LogP contribution in [0.15, 0.2) is 0 Å². The van der Waals surface area contributed by atoms with Crippen LogP contribution in [0.2, 0.25) is 13.1 Å². The largest absolute Gasteiger partial charge is 1.00 e. The van der Waals surface area contributed by atoms with Gasteiger partial charge in [-0.25, -0.2) is 0 Å². The molecule has 0 amide bonds. The number of nitrogens with one attached hydrogen (secondary N) is 2. The summed E-state index contributed by atoms with van der Waals surface area (Å²) in [5.41, 5.74) is 11.0. The molecule has 0 saturated heterocycles. The Morgan fingerprint density at radius 3 is 1.29 bits per heavy atom. The van der Waals surface area contributed by atoms with Crippen LogP contribution in [0.3, 0.4) is 0 Å². The molecule has 0 saturated carbocycles. The average Bonchev–Trinajstić information content (AvgIpc) is 1.39. The summed E-state index contributed by atoms with van der Waals surface area (Å²) >= 11 is 0. The molecule has 0 rings (SSSR count). The van der Waals surface area contributed by atoms with E-state index in [9.17, 15) is 0 Å². The van der Waals surface area contributed by atoms with Crippen LogP contribution in [0.1, 0.15) is 0 Å². The van der Waals surface area contributed by atoms with E-state index in [-0.39, 0.29) is 18.9 Å². The van der Waals surface area contributed by atoms with Crippen molar-refractivity contribution in [2.75, 3.05) is 0 Å². The Kier molecular flexibility index (Phi) is 80.0. The molecule has 0 fully saturated rings. The molecule has 7 heavy (non-hydrogen) atoms. The molecule has 0 aliphatic heterocycles. The zero-order valence-electron chi connectivity index (χ0n) is 5.02. The second-order valence-corrected chi connectivity index (χ2v) is 1.84. The fourth-order valence-corrected chi connectivity index (χ4v) is 0. The molecule has 0 aliphatic rings. The van der Waals surface area contributed by atoms with E-state index in [1.54, 1.807) is 0 Å². The smallest absolute Gasteiger partial charge is 0.286 e. The fourth-order valence-electron chi connectivity index (χ4n) is 0. The Hall–Kier alpha value is 0.124. The molecule has 0 aliphatic carbocycles. The summed E-state index contributed by atoms with van der Waals surface area (Å²) in [5, 5.41) is 0. The predicted octanol–water partition coefficient (Wildman–Crippen LogP) is -2.36. The predicted molar refractivity (Wildman–Crippen MR) is 26.5 cm³/mol. The molecule has 0 radical (unpaired) electrons. The summed E-state index contributed by atoms with van der Waals surface area (Å²) in [7, 11) is 0.750. The quantitative estimate of drug-likeness (QED) is 0.199. The molecule has 3 nitrogen and oxygen atoms in total. The Morgan fingerprint density at radius 2 is 1.29 bits per heavy atom. The topological polar surface area (TPSA) is 61.8 Å². The third-order valence-electron chi connectivity index (χ3n) is 0. The minimum Gasteiger partial charge on any atom is -0.286 e. The molecule has 0 bridgehead atoms. The zero-order chi connectivity index (χ0) is 5.41. The molecule has 5 heteroatoms. The van der Waals surface area contributed by atoms with Crippen LogP contribution in [0.25, 0.3) is 0 Å². The maximum absolute atomic E-state index is 5.50. The third-order valence-corrected chi connectivity index (χ3v) is 0. The molecule has 0 spiro atoms. The monoisotopic (exact) mass is 110 g/mol. The van der Waals surface area contributed by atoms with Crippen LogP contribution in [-0.2, 0) is 0 Å². The fraction of sp³-hybridized carbons (Fsp3) is 1.00. The van der Waals surface area contributed by atoms with Gasteiger partial charge in [-0.05, 0) is 0 Å². The molecule has 0 aromatic heterocycles. The van der Waals surface area contributed by atoms with Crippen molar-refractivity contribution in [2.45, 2.75) is 13.1 Å². The maximum Gasteiger partial charge on any atom is 1.00 e. The Bertz CT molecular complexity index is 42.2. The molecule has 0 aromatic carbocycles. The molecular formula is C2H9LiN3Si+. The second-order valence-electron chi connectivity index (χ2n) is 0.689. The Balaban J connectivity index is -0.0000000400. The van der Waals surface area contributed by atoms with E-state index in [0.717, 1.165) is 9.52 Å². The summed E-state index contributed by atoms with van der Waals surface area (Å²) in [4.78, 5) is 2.00. The minimum atomic E-state index is 0. The molecule has 0 unspecified atom stereocenters. The van der Waals surface area contributed by atoms with Gasteiger partial charge in [-0.1, -0.05) is 0 Å². The first-order valence-corrected chi connectivity index (χ1v) is 3.91. The van der Waals surface area contributed by atoms with Gasteiger partial charge in [0.15, 0.2) is 0 Å². The molecule has 0 atom stereocenters. The van der Waals surface area contributed by atoms with Gasteiger partial charge < -0.3 is 0 Å². The van der Waals surface area contributed by atoms with Gasteiger partial charge in [0.2, 0.25) is 4.91 Å². The zero-order valence-corrected chi connectivity index (χ0v) is 6.18. The van der Waals surface area contributed by atoms with Gasteiger partial charge in [0, 0.05) is 0 Å². The number of rotatable bonds is 0. The minimum absolute atomic E-state index is 0. The van der Waals surface area contributed by atoms with Crippen molar-refractivity contribution in [1.29, 1.82) is 11.1 Å². The van der Waals surface area contributed by atoms with E-state index in [4.69, 9.17) is 11.1 Å². The SMILES string of the molecule is C[SiH-]C.N=[N+]=N.[Li+]. The van der Waals surface area contributed by atoms with Crippen LogP contribution in [0, 0.1) is 11.1 Å². The van der Waals surface area contributed by atoms with E-state index in [0.29, 0.717) is 0 Å². The van der Waals surface area contributed by atoms with Gasteiger partial charge in [0.05, 0.1) is 0 Å². The molecule has 2 N–H and O–H groups in total. The second kappa shape index (κ2) is 35.6. The van der Waals surface area contributed by atoms with Crippen molar-refractivity contribution in [2.24, 2.45) is 0 Å².